The van der Waals surface area contributed by atoms with Crippen molar-refractivity contribution in [3.63, 3.8) is 0 Å². The van der Waals surface area contributed by atoms with E-state index in [2.05, 4.69) is 84.3 Å². The van der Waals surface area contributed by atoms with E-state index >= 15 is 0 Å². The molecule has 0 bridgehead atoms. The van der Waals surface area contributed by atoms with Crippen molar-refractivity contribution in [3.05, 3.63) is 139 Å². The van der Waals surface area contributed by atoms with E-state index in [1.165, 1.54) is 11.1 Å². The molecule has 0 radical (unpaired) electrons. The third-order valence-corrected chi connectivity index (χ3v) is 7.11. The van der Waals surface area contributed by atoms with Crippen LogP contribution in [0.25, 0.3) is 39.1 Å². The highest BCUT2D eigenvalue weighted by Gasteiger charge is 2.25. The van der Waals surface area contributed by atoms with Crippen LogP contribution in [0.1, 0.15) is 17.0 Å². The highest BCUT2D eigenvalue weighted by molar-refractivity contribution is 6.09. The highest BCUT2D eigenvalue weighted by Crippen LogP contribution is 2.42. The third kappa shape index (κ3) is 4.39. The van der Waals surface area contributed by atoms with E-state index in [1.54, 1.807) is 10.8 Å². The second-order valence-electron chi connectivity index (χ2n) is 9.87. The summed E-state index contributed by atoms with van der Waals surface area (Å²) in [6.07, 6.45) is 1.76. The van der Waals surface area contributed by atoms with Gasteiger partial charge in [0.05, 0.1) is 11.1 Å². The molecule has 194 valence electrons. The molecule has 4 aromatic carbocycles. The fraction of sp³-hybridized carbons (Fsp3) is 0.0882. The van der Waals surface area contributed by atoms with Crippen LogP contribution >= 0.6 is 0 Å². The Hall–Kier alpha value is -5.23. The first-order valence-electron chi connectivity index (χ1n) is 13.4. The second-order valence-corrected chi connectivity index (χ2v) is 9.87. The van der Waals surface area contributed by atoms with Crippen molar-refractivity contribution in [2.75, 3.05) is 0 Å². The van der Waals surface area contributed by atoms with Crippen molar-refractivity contribution in [2.24, 2.45) is 0 Å². The molecule has 0 aliphatic heterocycles. The number of hydrogen-bond donors (Lipinski definition) is 0. The molecule has 40 heavy (non-hydrogen) atoms. The average Bonchev–Trinajstić information content (AvgIpc) is 3.57. The van der Waals surface area contributed by atoms with Gasteiger partial charge in [0.15, 0.2) is 11.5 Å². The van der Waals surface area contributed by atoms with Gasteiger partial charge in [-0.3, -0.25) is 0 Å². The molecule has 0 N–H and O–H groups in total. The summed E-state index contributed by atoms with van der Waals surface area (Å²) in [5.41, 5.74) is 8.44. The zero-order valence-electron chi connectivity index (χ0n) is 22.1. The Morgan fingerprint density at radius 1 is 0.700 bits per heavy atom. The number of aryl methyl sites for hydroxylation is 1. The minimum Gasteiger partial charge on any atom is -0.486 e. The summed E-state index contributed by atoms with van der Waals surface area (Å²) in [4.78, 5) is 9.95. The summed E-state index contributed by atoms with van der Waals surface area (Å²) in [5.74, 6) is 1.39. The van der Waals surface area contributed by atoms with Crippen LogP contribution in [-0.4, -0.2) is 24.1 Å². The van der Waals surface area contributed by atoms with Crippen LogP contribution in [-0.2, 0) is 13.2 Å². The first kappa shape index (κ1) is 23.9. The van der Waals surface area contributed by atoms with Gasteiger partial charge in [-0.05, 0) is 35.7 Å². The lowest BCUT2D eigenvalue weighted by Crippen LogP contribution is -2.03. The molecule has 0 saturated heterocycles. The van der Waals surface area contributed by atoms with Crippen molar-refractivity contribution in [1.82, 2.24) is 24.1 Å². The van der Waals surface area contributed by atoms with E-state index in [0.29, 0.717) is 12.4 Å². The molecular weight excluding hydrogens is 494 g/mol. The fourth-order valence-electron chi connectivity index (χ4n) is 5.23. The lowest BCUT2D eigenvalue weighted by molar-refractivity contribution is 0.296. The lowest BCUT2D eigenvalue weighted by atomic mass is 9.99. The van der Waals surface area contributed by atoms with Gasteiger partial charge in [-0.2, -0.15) is 0 Å². The molecule has 0 spiro atoms. The fourth-order valence-corrected chi connectivity index (χ4v) is 5.23. The van der Waals surface area contributed by atoms with E-state index in [1.807, 2.05) is 42.5 Å². The van der Waals surface area contributed by atoms with Gasteiger partial charge in [0.2, 0.25) is 0 Å². The summed E-state index contributed by atoms with van der Waals surface area (Å²) >= 11 is 0. The number of benzene rings is 4. The Morgan fingerprint density at radius 3 is 2.05 bits per heavy atom. The Labute approximate surface area is 232 Å². The quantitative estimate of drug-likeness (QED) is 0.220. The standard InChI is InChI=1S/C34H27N5O/c1-24-17-19-28(20-18-24)40-22-29-36-34-31-30(26-13-7-3-8-14-26)32(27-15-9-4-10-16-27)38(21-25-11-5-2-6-12-25)33(31)35-23-39(34)37-29/h2-20,23H,21-22H2,1H3. The van der Waals surface area contributed by atoms with Gasteiger partial charge in [-0.15, -0.1) is 5.10 Å². The van der Waals surface area contributed by atoms with E-state index in [0.717, 1.165) is 44.8 Å². The summed E-state index contributed by atoms with van der Waals surface area (Å²) < 4.78 is 10.1. The Balaban J connectivity index is 1.46. The van der Waals surface area contributed by atoms with Gasteiger partial charge in [0.25, 0.3) is 0 Å². The minimum atomic E-state index is 0.267. The molecule has 0 aliphatic carbocycles. The number of fused-ring (bicyclic) bond motifs is 3. The largest absolute Gasteiger partial charge is 0.486 e. The van der Waals surface area contributed by atoms with Gasteiger partial charge in [0.1, 0.15) is 24.3 Å². The van der Waals surface area contributed by atoms with Crippen molar-refractivity contribution < 1.29 is 4.74 Å². The van der Waals surface area contributed by atoms with Crippen molar-refractivity contribution in [3.8, 4) is 28.1 Å². The molecule has 0 saturated carbocycles. The molecule has 0 aliphatic rings. The normalized spacial score (nSPS) is 11.3. The predicted octanol–water partition coefficient (Wildman–Crippen LogP) is 7.35. The minimum absolute atomic E-state index is 0.267. The number of rotatable bonds is 7. The number of hydrogen-bond acceptors (Lipinski definition) is 4. The van der Waals surface area contributed by atoms with Gasteiger partial charge >= 0.3 is 0 Å². The molecule has 7 rings (SSSR count). The van der Waals surface area contributed by atoms with Crippen molar-refractivity contribution in [2.45, 2.75) is 20.1 Å². The highest BCUT2D eigenvalue weighted by atomic mass is 16.5. The van der Waals surface area contributed by atoms with Crippen LogP contribution in [0, 0.1) is 6.92 Å². The number of ether oxygens (including phenoxy) is 1. The maximum absolute atomic E-state index is 6.02. The van der Waals surface area contributed by atoms with Gasteiger partial charge < -0.3 is 9.30 Å². The molecule has 0 amide bonds. The van der Waals surface area contributed by atoms with E-state index < -0.39 is 0 Å². The number of aromatic nitrogens is 5. The molecule has 0 fully saturated rings. The zero-order chi connectivity index (χ0) is 26.9. The maximum Gasteiger partial charge on any atom is 0.189 e. The number of nitrogens with zero attached hydrogens (tertiary/aromatic N) is 5. The summed E-state index contributed by atoms with van der Waals surface area (Å²) in [6, 6.07) is 39.5. The first-order valence-corrected chi connectivity index (χ1v) is 13.4. The van der Waals surface area contributed by atoms with Gasteiger partial charge in [0, 0.05) is 12.1 Å². The molecule has 0 unspecified atom stereocenters. The van der Waals surface area contributed by atoms with Crippen LogP contribution in [0.5, 0.6) is 5.75 Å². The van der Waals surface area contributed by atoms with Crippen LogP contribution in [0.2, 0.25) is 0 Å². The van der Waals surface area contributed by atoms with E-state index in [-0.39, 0.29) is 6.61 Å². The summed E-state index contributed by atoms with van der Waals surface area (Å²) in [6.45, 7) is 3.00. The van der Waals surface area contributed by atoms with Gasteiger partial charge in [-0.25, -0.2) is 14.5 Å². The van der Waals surface area contributed by atoms with Crippen LogP contribution in [0.4, 0.5) is 0 Å². The molecule has 3 heterocycles. The van der Waals surface area contributed by atoms with E-state index in [9.17, 15) is 0 Å². The molecule has 7 aromatic rings. The van der Waals surface area contributed by atoms with Crippen molar-refractivity contribution >= 4 is 16.7 Å². The monoisotopic (exact) mass is 521 g/mol. The first-order chi connectivity index (χ1) is 19.7. The molecule has 6 heteroatoms. The molecular formula is C34H27N5O. The summed E-state index contributed by atoms with van der Waals surface area (Å²) in [5, 5.41) is 5.70. The molecule has 3 aromatic heterocycles. The lowest BCUT2D eigenvalue weighted by Gasteiger charge is -2.13. The second kappa shape index (κ2) is 10.2. The third-order valence-electron chi connectivity index (χ3n) is 7.11. The van der Waals surface area contributed by atoms with Crippen LogP contribution < -0.4 is 4.74 Å². The molecule has 6 nitrogen and oxygen atoms in total. The maximum atomic E-state index is 6.02. The Bertz CT molecular complexity index is 1910. The molecule has 0 atom stereocenters. The average molecular weight is 522 g/mol. The van der Waals surface area contributed by atoms with Crippen LogP contribution in [0.3, 0.4) is 0 Å². The van der Waals surface area contributed by atoms with Crippen molar-refractivity contribution in [1.29, 1.82) is 0 Å². The summed E-state index contributed by atoms with van der Waals surface area (Å²) in [7, 11) is 0. The van der Waals surface area contributed by atoms with E-state index in [4.69, 9.17) is 19.8 Å². The Morgan fingerprint density at radius 2 is 1.35 bits per heavy atom. The van der Waals surface area contributed by atoms with Gasteiger partial charge in [-0.1, -0.05) is 109 Å². The topological polar surface area (TPSA) is 57.2 Å². The Kier molecular flexibility index (Phi) is 6.05. The SMILES string of the molecule is Cc1ccc(OCc2nc3c4c(-c5ccccc5)c(-c5ccccc5)n(Cc5ccccc5)c4ncn3n2)cc1. The van der Waals surface area contributed by atoms with Crippen LogP contribution in [0.15, 0.2) is 122 Å². The predicted molar refractivity (Wildman–Crippen MR) is 158 cm³/mol. The smallest absolute Gasteiger partial charge is 0.189 e. The zero-order valence-corrected chi connectivity index (χ0v) is 22.1.